The van der Waals surface area contributed by atoms with Gasteiger partial charge in [0.05, 0.1) is 17.8 Å². The summed E-state index contributed by atoms with van der Waals surface area (Å²) in [6.07, 6.45) is -0.826. The largest absolute Gasteiger partial charge is 0.457 e. The molecule has 200 valence electrons. The topological polar surface area (TPSA) is 93.8 Å². The Labute approximate surface area is 216 Å². The zero-order valence-corrected chi connectivity index (χ0v) is 21.5. The van der Waals surface area contributed by atoms with Crippen LogP contribution in [-0.4, -0.2) is 52.0 Å². The zero-order valence-electron chi connectivity index (χ0n) is 20.7. The summed E-state index contributed by atoms with van der Waals surface area (Å²) in [7, 11) is 0. The van der Waals surface area contributed by atoms with Gasteiger partial charge in [0.25, 0.3) is 0 Å². The van der Waals surface area contributed by atoms with Crippen LogP contribution in [0.5, 0.6) is 0 Å². The molecule has 0 aromatic carbocycles. The second-order valence-corrected chi connectivity index (χ2v) is 12.0. The monoisotopic (exact) mass is 538 g/mol. The van der Waals surface area contributed by atoms with Crippen LogP contribution in [0.1, 0.15) is 50.6 Å². The van der Waals surface area contributed by atoms with Crippen molar-refractivity contribution in [3.63, 3.8) is 0 Å². The number of fused-ring (bicyclic) bond motifs is 5. The van der Waals surface area contributed by atoms with E-state index in [-0.39, 0.29) is 47.4 Å². The van der Waals surface area contributed by atoms with Crippen molar-refractivity contribution in [2.75, 3.05) is 6.01 Å². The third-order valence-corrected chi connectivity index (χ3v) is 10.0. The molecule has 0 radical (unpaired) electrons. The maximum atomic E-state index is 17.6. The molecule has 4 unspecified atom stereocenters. The number of aliphatic hydroxyl groups is 1. The summed E-state index contributed by atoms with van der Waals surface area (Å²) < 4.78 is 57.5. The smallest absolute Gasteiger partial charge is 0.374 e. The average Bonchev–Trinajstić information content (AvgIpc) is 3.45. The van der Waals surface area contributed by atoms with Gasteiger partial charge in [-0.2, -0.15) is 0 Å². The minimum atomic E-state index is -2.51. The minimum absolute atomic E-state index is 0.0183. The number of esters is 1. The summed E-state index contributed by atoms with van der Waals surface area (Å²) in [6.45, 7) is 5.02. The van der Waals surface area contributed by atoms with Gasteiger partial charge in [0.1, 0.15) is 18.3 Å². The molecule has 0 saturated heterocycles. The maximum absolute atomic E-state index is 17.6. The number of hydrogen-bond acceptors (Lipinski definition) is 7. The Kier molecular flexibility index (Phi) is 6.30. The Morgan fingerprint density at radius 3 is 2.62 bits per heavy atom. The molecule has 0 bridgehead atoms. The first-order valence-electron chi connectivity index (χ1n) is 12.4. The number of ether oxygens (including phenoxy) is 1. The number of aliphatic hydroxyl groups excluding tert-OH is 1. The third kappa shape index (κ3) is 3.54. The fourth-order valence-electron chi connectivity index (χ4n) is 7.86. The fraction of sp³-hybridized carbons (Fsp3) is 0.593. The summed E-state index contributed by atoms with van der Waals surface area (Å²) >= 11 is 0.269. The normalized spacial score (nSPS) is 42.7. The first kappa shape index (κ1) is 26.3. The van der Waals surface area contributed by atoms with Crippen LogP contribution in [0.25, 0.3) is 0 Å². The number of rotatable bonds is 4. The van der Waals surface area contributed by atoms with E-state index < -0.39 is 69.6 Å². The molecular weight excluding hydrogens is 509 g/mol. The Morgan fingerprint density at radius 1 is 1.24 bits per heavy atom. The van der Waals surface area contributed by atoms with E-state index in [9.17, 15) is 23.9 Å². The second-order valence-electron chi connectivity index (χ2n) is 11.2. The van der Waals surface area contributed by atoms with Crippen molar-refractivity contribution < 1.29 is 41.8 Å². The molecular formula is C27H29F3O6S. The van der Waals surface area contributed by atoms with Crippen molar-refractivity contribution in [3.05, 3.63) is 47.5 Å². The highest BCUT2D eigenvalue weighted by Crippen LogP contribution is 2.70. The Hall–Kier alpha value is -2.33. The molecule has 4 aliphatic carbocycles. The molecule has 3 saturated carbocycles. The van der Waals surface area contributed by atoms with E-state index in [2.05, 4.69) is 0 Å². The maximum Gasteiger partial charge on any atom is 0.374 e. The lowest BCUT2D eigenvalue weighted by Gasteiger charge is -2.63. The molecule has 4 aliphatic rings. The third-order valence-electron chi connectivity index (χ3n) is 9.41. The summed E-state index contributed by atoms with van der Waals surface area (Å²) in [6, 6.07) is 1.93. The predicted molar refractivity (Wildman–Crippen MR) is 129 cm³/mol. The highest BCUT2D eigenvalue weighted by molar-refractivity contribution is 8.14. The van der Waals surface area contributed by atoms with Gasteiger partial charge in [-0.3, -0.25) is 9.59 Å². The van der Waals surface area contributed by atoms with Gasteiger partial charge in [0, 0.05) is 16.9 Å². The Morgan fingerprint density at radius 2 is 1.97 bits per heavy atom. The second kappa shape index (κ2) is 8.86. The van der Waals surface area contributed by atoms with Crippen molar-refractivity contribution in [2.24, 2.45) is 28.6 Å². The standard InChI is InChI=1S/C27H29F3O6S/c1-13-7-15-16-10-19(29)17-8-14(31)9-18(24(34)37-12-28)26(17,3)27(16,30)21(32)11-25(15,2)22(13)36-23(33)20-5-4-6-35-20/h4-6,8-9,13,15-16,19,21-22,32H,7,10-12H2,1-3H3/t13?,15-,16-,19?,21?,22?,25-,26+,27-/m0/s1. The number of thioether (sulfide) groups is 1. The van der Waals surface area contributed by atoms with E-state index in [0.717, 1.165) is 12.2 Å². The van der Waals surface area contributed by atoms with Gasteiger partial charge in [0.2, 0.25) is 10.9 Å². The predicted octanol–water partition coefficient (Wildman–Crippen LogP) is 4.93. The zero-order chi connectivity index (χ0) is 26.9. The van der Waals surface area contributed by atoms with E-state index in [4.69, 9.17) is 9.15 Å². The van der Waals surface area contributed by atoms with Crippen molar-refractivity contribution in [1.29, 1.82) is 0 Å². The molecule has 1 N–H and O–H groups in total. The first-order chi connectivity index (χ1) is 17.4. The molecule has 0 amide bonds. The van der Waals surface area contributed by atoms with Gasteiger partial charge in [-0.05, 0) is 79.6 Å². The SMILES string of the molecule is CC1C[C@H]2[C@@H]3CC(F)C4=CC(=O)C=C(C(=O)SCF)[C@]4(C)[C@@]3(F)C(O)C[C@]2(C)C1OC(=O)c1ccco1. The van der Waals surface area contributed by atoms with E-state index in [1.165, 1.54) is 19.3 Å². The lowest BCUT2D eigenvalue weighted by Crippen LogP contribution is -2.69. The first-order valence-corrected chi connectivity index (χ1v) is 13.3. The molecule has 9 atom stereocenters. The minimum Gasteiger partial charge on any atom is -0.457 e. The van der Waals surface area contributed by atoms with Crippen LogP contribution >= 0.6 is 11.8 Å². The highest BCUT2D eigenvalue weighted by Gasteiger charge is 2.75. The van der Waals surface area contributed by atoms with Crippen LogP contribution in [0.3, 0.4) is 0 Å². The molecule has 37 heavy (non-hydrogen) atoms. The van der Waals surface area contributed by atoms with Crippen LogP contribution in [0.2, 0.25) is 0 Å². The van der Waals surface area contributed by atoms with E-state index in [1.807, 2.05) is 13.8 Å². The lowest BCUT2D eigenvalue weighted by atomic mass is 9.44. The van der Waals surface area contributed by atoms with Crippen molar-refractivity contribution in [2.45, 2.75) is 64.1 Å². The highest BCUT2D eigenvalue weighted by atomic mass is 32.2. The van der Waals surface area contributed by atoms with Crippen LogP contribution < -0.4 is 0 Å². The number of allylic oxidation sites excluding steroid dienone is 3. The Balaban J connectivity index is 1.57. The van der Waals surface area contributed by atoms with Crippen molar-refractivity contribution in [3.8, 4) is 0 Å². The fourth-order valence-corrected chi connectivity index (χ4v) is 8.38. The average molecular weight is 539 g/mol. The van der Waals surface area contributed by atoms with Crippen molar-refractivity contribution >= 4 is 28.6 Å². The number of halogens is 3. The lowest BCUT2D eigenvalue weighted by molar-refractivity contribution is -0.209. The van der Waals surface area contributed by atoms with E-state index in [0.29, 0.717) is 6.42 Å². The number of carbonyl (C=O) groups is 3. The summed E-state index contributed by atoms with van der Waals surface area (Å²) in [5.41, 5.74) is -5.89. The summed E-state index contributed by atoms with van der Waals surface area (Å²) in [5, 5.41) is 10.6. The molecule has 1 aromatic rings. The van der Waals surface area contributed by atoms with E-state index >= 15 is 8.78 Å². The Bertz CT molecular complexity index is 1200. The molecule has 6 nitrogen and oxygen atoms in total. The number of carbonyl (C=O) groups excluding carboxylic acids is 3. The molecule has 1 aromatic heterocycles. The van der Waals surface area contributed by atoms with E-state index in [1.54, 1.807) is 6.07 Å². The van der Waals surface area contributed by atoms with Crippen molar-refractivity contribution in [1.82, 2.24) is 0 Å². The van der Waals surface area contributed by atoms with Gasteiger partial charge in [-0.15, -0.1) is 0 Å². The van der Waals surface area contributed by atoms with Crippen LogP contribution in [-0.2, 0) is 14.3 Å². The molecule has 10 heteroatoms. The molecule has 0 aliphatic heterocycles. The number of furan rings is 1. The van der Waals surface area contributed by atoms with Gasteiger partial charge in [-0.1, -0.05) is 13.8 Å². The molecule has 0 spiro atoms. The van der Waals surface area contributed by atoms with Gasteiger partial charge in [-0.25, -0.2) is 18.0 Å². The van der Waals surface area contributed by atoms with Gasteiger partial charge in [0.15, 0.2) is 11.5 Å². The molecule has 1 heterocycles. The quantitative estimate of drug-likeness (QED) is 0.544. The molecule has 5 rings (SSSR count). The summed E-state index contributed by atoms with van der Waals surface area (Å²) in [4.78, 5) is 38.0. The van der Waals surface area contributed by atoms with Gasteiger partial charge >= 0.3 is 5.97 Å². The number of ketones is 1. The number of alkyl halides is 3. The van der Waals surface area contributed by atoms with Crippen LogP contribution in [0.4, 0.5) is 13.2 Å². The molecule has 3 fully saturated rings. The van der Waals surface area contributed by atoms with Crippen LogP contribution in [0, 0.1) is 28.6 Å². The van der Waals surface area contributed by atoms with Crippen LogP contribution in [0.15, 0.2) is 46.1 Å². The summed E-state index contributed by atoms with van der Waals surface area (Å²) in [5.74, 6) is -3.10. The number of hydrogen-bond donors (Lipinski definition) is 1. The van der Waals surface area contributed by atoms with Gasteiger partial charge < -0.3 is 14.3 Å².